The Morgan fingerprint density at radius 1 is 0.970 bits per heavy atom. The number of hydrogen-bond donors (Lipinski definition) is 0. The van der Waals surface area contributed by atoms with E-state index in [2.05, 4.69) is 33.9 Å². The standard InChI is InChI=1S/C27H42N2O3Si/c1-7-10-13-22-25(30-19-12-9-3)28-24(29-26(22)33(5)6)20-15-17-21(18-16-20)31-27(4)23(32-27)14-11-8-2/h15-18,23,33H,7-14,19H2,1-6H3/t23-,27+/m0/s1. The second kappa shape index (κ2) is 12.0. The zero-order valence-electron chi connectivity index (χ0n) is 21.4. The van der Waals surface area contributed by atoms with Gasteiger partial charge in [-0.25, -0.2) is 4.98 Å². The highest BCUT2D eigenvalue weighted by Crippen LogP contribution is 2.41. The van der Waals surface area contributed by atoms with Gasteiger partial charge in [-0.15, -0.1) is 0 Å². The smallest absolute Gasteiger partial charge is 0.234 e. The fourth-order valence-corrected chi connectivity index (χ4v) is 5.41. The van der Waals surface area contributed by atoms with Crippen LogP contribution in [0.15, 0.2) is 24.3 Å². The Morgan fingerprint density at radius 3 is 2.30 bits per heavy atom. The third-order valence-electron chi connectivity index (χ3n) is 6.22. The predicted molar refractivity (Wildman–Crippen MR) is 138 cm³/mol. The Hall–Kier alpha value is -1.92. The summed E-state index contributed by atoms with van der Waals surface area (Å²) in [6.45, 7) is 14.0. The maximum atomic E-state index is 6.20. The summed E-state index contributed by atoms with van der Waals surface area (Å²) < 4.78 is 18.2. The zero-order valence-corrected chi connectivity index (χ0v) is 22.6. The quantitative estimate of drug-likeness (QED) is 0.191. The molecule has 1 fully saturated rings. The highest BCUT2D eigenvalue weighted by atomic mass is 28.3. The van der Waals surface area contributed by atoms with Crippen LogP contribution in [0.2, 0.25) is 13.1 Å². The minimum atomic E-state index is -1.15. The molecule has 1 aliphatic heterocycles. The second-order valence-corrected chi connectivity index (χ2v) is 12.4. The average molecular weight is 471 g/mol. The van der Waals surface area contributed by atoms with Gasteiger partial charge in [0.25, 0.3) is 0 Å². The highest BCUT2D eigenvalue weighted by Gasteiger charge is 2.54. The van der Waals surface area contributed by atoms with Crippen LogP contribution < -0.4 is 14.8 Å². The summed E-state index contributed by atoms with van der Waals surface area (Å²) in [5, 5.41) is 1.23. The lowest BCUT2D eigenvalue weighted by molar-refractivity contribution is 0.0803. The molecule has 1 aromatic heterocycles. The number of epoxide rings is 1. The molecule has 0 spiro atoms. The number of nitrogens with zero attached hydrogens (tertiary/aromatic N) is 2. The molecule has 33 heavy (non-hydrogen) atoms. The lowest BCUT2D eigenvalue weighted by atomic mass is 10.1. The van der Waals surface area contributed by atoms with Crippen molar-refractivity contribution in [2.24, 2.45) is 0 Å². The van der Waals surface area contributed by atoms with Crippen LogP contribution in [0.5, 0.6) is 11.6 Å². The van der Waals surface area contributed by atoms with E-state index in [1.807, 2.05) is 31.2 Å². The van der Waals surface area contributed by atoms with Crippen molar-refractivity contribution in [3.63, 3.8) is 0 Å². The molecular weight excluding hydrogens is 428 g/mol. The van der Waals surface area contributed by atoms with E-state index in [0.29, 0.717) is 6.61 Å². The molecule has 1 aliphatic rings. The molecule has 0 amide bonds. The van der Waals surface area contributed by atoms with Gasteiger partial charge in [-0.3, -0.25) is 0 Å². The first-order valence-corrected chi connectivity index (χ1v) is 15.8. The first-order chi connectivity index (χ1) is 15.9. The van der Waals surface area contributed by atoms with Gasteiger partial charge in [-0.2, -0.15) is 4.98 Å². The van der Waals surface area contributed by atoms with Crippen LogP contribution in [-0.2, 0) is 11.2 Å². The molecule has 0 aliphatic carbocycles. The third-order valence-corrected chi connectivity index (χ3v) is 7.79. The molecule has 6 heteroatoms. The van der Waals surface area contributed by atoms with Crippen LogP contribution in [0.25, 0.3) is 11.4 Å². The van der Waals surface area contributed by atoms with Crippen molar-refractivity contribution >= 4 is 14.1 Å². The van der Waals surface area contributed by atoms with E-state index in [-0.39, 0.29) is 6.10 Å². The number of ether oxygens (including phenoxy) is 3. The number of unbranched alkanes of at least 4 members (excludes halogenated alkanes) is 3. The van der Waals surface area contributed by atoms with E-state index in [1.54, 1.807) is 0 Å². The minimum Gasteiger partial charge on any atom is -0.477 e. The molecule has 182 valence electrons. The molecule has 0 saturated carbocycles. The van der Waals surface area contributed by atoms with Gasteiger partial charge in [0.15, 0.2) is 5.82 Å². The summed E-state index contributed by atoms with van der Waals surface area (Å²) in [5.41, 5.74) is 2.22. The zero-order chi connectivity index (χ0) is 23.8. The van der Waals surface area contributed by atoms with Gasteiger partial charge in [0.1, 0.15) is 11.9 Å². The SMILES string of the molecule is CCCCOc1nc(-c2ccc(O[C@]3(C)O[C@H]3CCCC)cc2)nc([SiH](C)C)c1CCCC. The Morgan fingerprint density at radius 2 is 1.67 bits per heavy atom. The van der Waals surface area contributed by atoms with Crippen LogP contribution in [0.1, 0.15) is 78.2 Å². The normalized spacial score (nSPS) is 19.7. The monoisotopic (exact) mass is 470 g/mol. The topological polar surface area (TPSA) is 56.8 Å². The van der Waals surface area contributed by atoms with Gasteiger partial charge in [-0.05, 0) is 49.9 Å². The summed E-state index contributed by atoms with van der Waals surface area (Å²) in [4.78, 5) is 9.95. The average Bonchev–Trinajstić information content (AvgIpc) is 3.45. The number of hydrogen-bond acceptors (Lipinski definition) is 5. The molecule has 1 aromatic carbocycles. The Balaban J connectivity index is 1.82. The van der Waals surface area contributed by atoms with Crippen molar-refractivity contribution in [3.05, 3.63) is 29.8 Å². The molecular formula is C27H42N2O3Si. The Bertz CT molecular complexity index is 888. The van der Waals surface area contributed by atoms with E-state index in [4.69, 9.17) is 24.2 Å². The first-order valence-electron chi connectivity index (χ1n) is 12.9. The molecule has 0 radical (unpaired) electrons. The van der Waals surface area contributed by atoms with Crippen molar-refractivity contribution in [1.82, 2.24) is 9.97 Å². The van der Waals surface area contributed by atoms with Crippen LogP contribution >= 0.6 is 0 Å². The molecule has 2 aromatic rings. The Labute approximate surface area is 201 Å². The van der Waals surface area contributed by atoms with E-state index < -0.39 is 14.6 Å². The van der Waals surface area contributed by atoms with Crippen LogP contribution in [0.4, 0.5) is 0 Å². The maximum absolute atomic E-state index is 6.20. The summed E-state index contributed by atoms with van der Waals surface area (Å²) in [5.74, 6) is 1.86. The van der Waals surface area contributed by atoms with Gasteiger partial charge in [0, 0.05) is 23.4 Å². The maximum Gasteiger partial charge on any atom is 0.234 e. The molecule has 5 nitrogen and oxygen atoms in total. The second-order valence-electron chi connectivity index (χ2n) is 9.57. The van der Waals surface area contributed by atoms with Gasteiger partial charge in [0.05, 0.1) is 15.4 Å². The molecule has 2 heterocycles. The van der Waals surface area contributed by atoms with Crippen LogP contribution in [0, 0.1) is 0 Å². The number of aromatic nitrogens is 2. The summed E-state index contributed by atoms with van der Waals surface area (Å²) in [6.07, 6.45) is 8.99. The van der Waals surface area contributed by atoms with E-state index >= 15 is 0 Å². The van der Waals surface area contributed by atoms with Crippen molar-refractivity contribution in [1.29, 1.82) is 0 Å². The molecule has 0 N–H and O–H groups in total. The van der Waals surface area contributed by atoms with E-state index in [0.717, 1.165) is 68.0 Å². The molecule has 0 bridgehead atoms. The lowest BCUT2D eigenvalue weighted by Gasteiger charge is -2.18. The number of rotatable bonds is 14. The largest absolute Gasteiger partial charge is 0.477 e. The van der Waals surface area contributed by atoms with Crippen LogP contribution in [0.3, 0.4) is 0 Å². The van der Waals surface area contributed by atoms with Crippen LogP contribution in [-0.4, -0.2) is 37.3 Å². The summed E-state index contributed by atoms with van der Waals surface area (Å²) >= 11 is 0. The first kappa shape index (κ1) is 25.7. The molecule has 3 rings (SSSR count). The number of benzene rings is 1. The van der Waals surface area contributed by atoms with E-state index in [9.17, 15) is 0 Å². The van der Waals surface area contributed by atoms with Gasteiger partial charge in [-0.1, -0.05) is 59.5 Å². The van der Waals surface area contributed by atoms with Gasteiger partial charge < -0.3 is 14.2 Å². The summed E-state index contributed by atoms with van der Waals surface area (Å²) in [7, 11) is -1.15. The highest BCUT2D eigenvalue weighted by molar-refractivity contribution is 6.70. The molecule has 1 saturated heterocycles. The van der Waals surface area contributed by atoms with Gasteiger partial charge >= 0.3 is 0 Å². The van der Waals surface area contributed by atoms with Crippen molar-refractivity contribution in [2.75, 3.05) is 6.61 Å². The Kier molecular flexibility index (Phi) is 9.33. The van der Waals surface area contributed by atoms with Crippen molar-refractivity contribution in [3.8, 4) is 23.0 Å². The van der Waals surface area contributed by atoms with Crippen molar-refractivity contribution < 1.29 is 14.2 Å². The van der Waals surface area contributed by atoms with E-state index in [1.165, 1.54) is 17.3 Å². The lowest BCUT2D eigenvalue weighted by Crippen LogP contribution is -2.32. The fourth-order valence-electron chi connectivity index (χ4n) is 4.06. The van der Waals surface area contributed by atoms with Crippen molar-refractivity contribution in [2.45, 2.75) is 104 Å². The fraction of sp³-hybridized carbons (Fsp3) is 0.630. The predicted octanol–water partition coefficient (Wildman–Crippen LogP) is 6.04. The third kappa shape index (κ3) is 6.79. The van der Waals surface area contributed by atoms with Gasteiger partial charge in [0.2, 0.25) is 11.7 Å². The summed E-state index contributed by atoms with van der Waals surface area (Å²) in [6, 6.07) is 8.09. The molecule has 0 unspecified atom stereocenters. The molecule has 2 atom stereocenters. The minimum absolute atomic E-state index is 0.192.